The van der Waals surface area contributed by atoms with Gasteiger partial charge in [0.2, 0.25) is 0 Å². The largest absolute Gasteiger partial charge is 0.434 e. The smallest absolute Gasteiger partial charge is 0.387 e. The van der Waals surface area contributed by atoms with Gasteiger partial charge in [-0.1, -0.05) is 22.0 Å². The lowest BCUT2D eigenvalue weighted by Gasteiger charge is -2.08. The van der Waals surface area contributed by atoms with Crippen molar-refractivity contribution in [2.45, 2.75) is 17.9 Å². The first-order valence-electron chi connectivity index (χ1n) is 4.41. The summed E-state index contributed by atoms with van der Waals surface area (Å²) in [4.78, 5) is 11.8. The molecule has 0 aliphatic heterocycles. The van der Waals surface area contributed by atoms with Gasteiger partial charge >= 0.3 is 6.61 Å². The molecule has 0 saturated carbocycles. The van der Waals surface area contributed by atoms with E-state index < -0.39 is 6.61 Å². The summed E-state index contributed by atoms with van der Waals surface area (Å²) in [6, 6.07) is 4.27. The van der Waals surface area contributed by atoms with Crippen molar-refractivity contribution in [3.8, 4) is 5.75 Å². The molecule has 0 heterocycles. The molecule has 0 bridgehead atoms. The molecule has 16 heavy (non-hydrogen) atoms. The van der Waals surface area contributed by atoms with Crippen LogP contribution < -0.4 is 4.74 Å². The number of benzene rings is 1. The van der Waals surface area contributed by atoms with Gasteiger partial charge in [-0.3, -0.25) is 4.79 Å². The fourth-order valence-corrected chi connectivity index (χ4v) is 1.66. The molecule has 0 N–H and O–H groups in total. The van der Waals surface area contributed by atoms with E-state index in [0.29, 0.717) is 17.3 Å². The number of thiol groups is 1. The third kappa shape index (κ3) is 3.75. The van der Waals surface area contributed by atoms with Crippen LogP contribution in [0.1, 0.15) is 16.8 Å². The van der Waals surface area contributed by atoms with Crippen LogP contribution in [-0.2, 0) is 0 Å². The second kappa shape index (κ2) is 6.20. The molecule has 6 heteroatoms. The fraction of sp³-hybridized carbons (Fsp3) is 0.300. The molecule has 0 aliphatic carbocycles. The van der Waals surface area contributed by atoms with Gasteiger partial charge in [0, 0.05) is 22.2 Å². The van der Waals surface area contributed by atoms with Crippen LogP contribution in [0.5, 0.6) is 5.75 Å². The zero-order valence-corrected chi connectivity index (χ0v) is 10.6. The van der Waals surface area contributed by atoms with Crippen LogP contribution in [0.3, 0.4) is 0 Å². The first kappa shape index (κ1) is 13.4. The Bertz CT molecular complexity index is 385. The number of halogens is 3. The van der Waals surface area contributed by atoms with E-state index in [1.54, 1.807) is 0 Å². The first-order valence-corrected chi connectivity index (χ1v) is 5.98. The van der Waals surface area contributed by atoms with Crippen molar-refractivity contribution >= 4 is 34.3 Å². The summed E-state index contributed by atoms with van der Waals surface area (Å²) < 4.78 is 28.3. The Morgan fingerprint density at radius 3 is 2.75 bits per heavy atom. The van der Waals surface area contributed by atoms with E-state index in [1.807, 2.05) is 0 Å². The maximum absolute atomic E-state index is 12.0. The minimum atomic E-state index is -2.92. The lowest BCUT2D eigenvalue weighted by molar-refractivity contribution is -0.0516. The Kier molecular flexibility index (Phi) is 5.21. The van der Waals surface area contributed by atoms with E-state index in [4.69, 9.17) is 0 Å². The van der Waals surface area contributed by atoms with Gasteiger partial charge in [-0.05, 0) is 12.1 Å². The Labute approximate surface area is 106 Å². The van der Waals surface area contributed by atoms with Crippen LogP contribution in [0, 0.1) is 0 Å². The predicted octanol–water partition coefficient (Wildman–Crippen LogP) is 3.54. The van der Waals surface area contributed by atoms with E-state index in [1.165, 1.54) is 18.2 Å². The maximum atomic E-state index is 12.0. The number of hydrogen-bond donors (Lipinski definition) is 1. The molecule has 88 valence electrons. The summed E-state index contributed by atoms with van der Waals surface area (Å²) >= 11 is 7.09. The maximum Gasteiger partial charge on any atom is 0.387 e. The van der Waals surface area contributed by atoms with Crippen molar-refractivity contribution in [1.82, 2.24) is 0 Å². The summed E-state index contributed by atoms with van der Waals surface area (Å²) in [6.45, 7) is -2.92. The molecule has 0 aromatic heterocycles. The van der Waals surface area contributed by atoms with Crippen LogP contribution in [0.4, 0.5) is 8.78 Å². The minimum Gasteiger partial charge on any atom is -0.434 e. The monoisotopic (exact) mass is 310 g/mol. The highest BCUT2D eigenvalue weighted by molar-refractivity contribution is 9.09. The molecule has 0 spiro atoms. The zero-order chi connectivity index (χ0) is 12.1. The van der Waals surface area contributed by atoms with E-state index >= 15 is 0 Å². The molecule has 0 unspecified atom stereocenters. The highest BCUT2D eigenvalue weighted by Crippen LogP contribution is 2.26. The summed E-state index contributed by atoms with van der Waals surface area (Å²) in [5.74, 6) is -0.219. The third-order valence-corrected chi connectivity index (χ3v) is 2.59. The van der Waals surface area contributed by atoms with Crippen LogP contribution in [0.2, 0.25) is 0 Å². The van der Waals surface area contributed by atoms with Gasteiger partial charge in [-0.25, -0.2) is 0 Å². The van der Waals surface area contributed by atoms with E-state index in [-0.39, 0.29) is 16.4 Å². The zero-order valence-electron chi connectivity index (χ0n) is 8.12. The number of hydrogen-bond acceptors (Lipinski definition) is 3. The highest BCUT2D eigenvalue weighted by atomic mass is 79.9. The Morgan fingerprint density at radius 1 is 1.50 bits per heavy atom. The van der Waals surface area contributed by atoms with Crippen molar-refractivity contribution < 1.29 is 18.3 Å². The molecule has 0 saturated heterocycles. The number of carbonyl (C=O) groups is 1. The number of ether oxygens (including phenoxy) is 1. The summed E-state index contributed by atoms with van der Waals surface area (Å²) in [7, 11) is 0. The van der Waals surface area contributed by atoms with Crippen LogP contribution in [0.15, 0.2) is 23.1 Å². The lowest BCUT2D eigenvalue weighted by atomic mass is 10.1. The quantitative estimate of drug-likeness (QED) is 0.511. The van der Waals surface area contributed by atoms with Crippen LogP contribution in [0.25, 0.3) is 0 Å². The standard InChI is InChI=1S/C10H9BrF2O2S/c11-4-3-7(14)6-1-2-9(16)8(5-6)15-10(12)13/h1-2,5,10,16H,3-4H2. The Balaban J connectivity index is 2.93. The molecule has 0 aliphatic rings. The number of alkyl halides is 3. The third-order valence-electron chi connectivity index (χ3n) is 1.82. The van der Waals surface area contributed by atoms with Gasteiger partial charge in [0.05, 0.1) is 0 Å². The van der Waals surface area contributed by atoms with Gasteiger partial charge in [-0.15, -0.1) is 12.6 Å². The molecule has 1 rings (SSSR count). The number of rotatable bonds is 5. The second-order valence-corrected chi connectivity index (χ2v) is 4.20. The average molecular weight is 311 g/mol. The molecule has 0 amide bonds. The number of Topliss-reactive ketones (excluding diaryl/α,β-unsaturated/α-hetero) is 1. The average Bonchev–Trinajstić information content (AvgIpc) is 2.21. The molecule has 1 aromatic carbocycles. The van der Waals surface area contributed by atoms with Crippen molar-refractivity contribution in [2.24, 2.45) is 0 Å². The molecule has 0 atom stereocenters. The molecule has 2 nitrogen and oxygen atoms in total. The van der Waals surface area contributed by atoms with Crippen LogP contribution in [-0.4, -0.2) is 17.7 Å². The molecular weight excluding hydrogens is 302 g/mol. The van der Waals surface area contributed by atoms with Gasteiger partial charge in [-0.2, -0.15) is 8.78 Å². The van der Waals surface area contributed by atoms with E-state index in [9.17, 15) is 13.6 Å². The van der Waals surface area contributed by atoms with Crippen molar-refractivity contribution in [2.75, 3.05) is 5.33 Å². The molecule has 0 fully saturated rings. The highest BCUT2D eigenvalue weighted by Gasteiger charge is 2.11. The van der Waals surface area contributed by atoms with Crippen LogP contribution >= 0.6 is 28.6 Å². The SMILES string of the molecule is O=C(CCBr)c1ccc(S)c(OC(F)F)c1. The first-order chi connectivity index (χ1) is 7.54. The van der Waals surface area contributed by atoms with Crippen molar-refractivity contribution in [3.63, 3.8) is 0 Å². The molecule has 1 aromatic rings. The van der Waals surface area contributed by atoms with Crippen molar-refractivity contribution in [3.05, 3.63) is 23.8 Å². The van der Waals surface area contributed by atoms with Gasteiger partial charge < -0.3 is 4.74 Å². The summed E-state index contributed by atoms with van der Waals surface area (Å²) in [5.41, 5.74) is 0.341. The van der Waals surface area contributed by atoms with Gasteiger partial charge in [0.15, 0.2) is 5.78 Å². The Hall–Kier alpha value is -0.620. The Morgan fingerprint density at radius 2 is 2.19 bits per heavy atom. The lowest BCUT2D eigenvalue weighted by Crippen LogP contribution is -2.05. The van der Waals surface area contributed by atoms with E-state index in [0.717, 1.165) is 0 Å². The number of ketones is 1. The second-order valence-electron chi connectivity index (χ2n) is 2.92. The molecule has 0 radical (unpaired) electrons. The minimum absolute atomic E-state index is 0.0845. The fourth-order valence-electron chi connectivity index (χ4n) is 1.11. The van der Waals surface area contributed by atoms with Gasteiger partial charge in [0.25, 0.3) is 0 Å². The number of carbonyl (C=O) groups excluding carboxylic acids is 1. The summed E-state index contributed by atoms with van der Waals surface area (Å²) in [6.07, 6.45) is 0.306. The normalized spacial score (nSPS) is 10.6. The van der Waals surface area contributed by atoms with Crippen molar-refractivity contribution in [1.29, 1.82) is 0 Å². The van der Waals surface area contributed by atoms with E-state index in [2.05, 4.69) is 33.3 Å². The topological polar surface area (TPSA) is 26.3 Å². The van der Waals surface area contributed by atoms with Gasteiger partial charge in [0.1, 0.15) is 5.75 Å². The summed E-state index contributed by atoms with van der Waals surface area (Å²) in [5, 5.41) is 0.527. The molecular formula is C10H9BrF2O2S. The predicted molar refractivity (Wildman–Crippen MR) is 63.1 cm³/mol.